The largest absolute Gasteiger partial charge is 0.463 e. The molecule has 0 aromatic carbocycles. The Hall–Kier alpha value is -0.0900. The Bertz CT molecular complexity index is 128. The molecule has 0 saturated heterocycles. The highest BCUT2D eigenvalue weighted by Crippen LogP contribution is 2.15. The minimum Gasteiger partial charge on any atom is -0.463 e. The molecule has 0 aliphatic heterocycles. The highest BCUT2D eigenvalue weighted by atomic mass is 79.9. The molecule has 0 bridgehead atoms. The van der Waals surface area contributed by atoms with Gasteiger partial charge in [-0.1, -0.05) is 15.9 Å². The highest BCUT2D eigenvalue weighted by Gasteiger charge is 2.15. The van der Waals surface area contributed by atoms with Crippen molar-refractivity contribution >= 4 is 21.9 Å². The van der Waals surface area contributed by atoms with Crippen LogP contribution in [-0.4, -0.2) is 30.6 Å². The van der Waals surface area contributed by atoms with Gasteiger partial charge in [-0.2, -0.15) is 0 Å². The second-order valence-electron chi connectivity index (χ2n) is 2.81. The zero-order valence-corrected chi connectivity index (χ0v) is 8.60. The summed E-state index contributed by atoms with van der Waals surface area (Å²) in [5.41, 5.74) is 0. The second-order valence-corrected chi connectivity index (χ2v) is 4.96. The summed E-state index contributed by atoms with van der Waals surface area (Å²) in [7, 11) is 1.46. The Morgan fingerprint density at radius 1 is 1.55 bits per heavy atom. The molecule has 0 N–H and O–H groups in total. The Morgan fingerprint density at radius 2 is 2.09 bits per heavy atom. The van der Waals surface area contributed by atoms with Gasteiger partial charge >= 0.3 is 5.97 Å². The van der Waals surface area contributed by atoms with E-state index in [9.17, 15) is 4.79 Å². The molecule has 0 heterocycles. The van der Waals surface area contributed by atoms with Gasteiger partial charge in [0.1, 0.15) is 13.2 Å². The van der Waals surface area contributed by atoms with Crippen molar-refractivity contribution in [3.05, 3.63) is 0 Å². The van der Waals surface area contributed by atoms with Crippen molar-refractivity contribution in [1.29, 1.82) is 0 Å². The lowest BCUT2D eigenvalue weighted by Crippen LogP contribution is -2.23. The number of rotatable bonds is 4. The fourth-order valence-corrected chi connectivity index (χ4v) is 0.526. The monoisotopic (exact) mass is 224 g/mol. The molecule has 0 aromatic heterocycles. The molecule has 0 fully saturated rings. The number of methoxy groups -OCH3 is 1. The predicted octanol–water partition coefficient (Wildman–Crippen LogP) is 1.35. The van der Waals surface area contributed by atoms with Crippen LogP contribution in [0.4, 0.5) is 0 Å². The van der Waals surface area contributed by atoms with E-state index in [-0.39, 0.29) is 16.9 Å². The van der Waals surface area contributed by atoms with Crippen LogP contribution in [0.2, 0.25) is 0 Å². The Kier molecular flexibility index (Phi) is 4.68. The van der Waals surface area contributed by atoms with Gasteiger partial charge in [0.15, 0.2) is 0 Å². The fourth-order valence-electron chi connectivity index (χ4n) is 0.412. The van der Waals surface area contributed by atoms with Gasteiger partial charge in [0, 0.05) is 7.11 Å². The molecule has 4 heteroatoms. The standard InChI is InChI=1S/C7H13BrO3/c1-7(2,8)5-11-6(9)4-10-3/h4-5H2,1-3H3. The molecular formula is C7H13BrO3. The third-order valence-electron chi connectivity index (χ3n) is 0.839. The van der Waals surface area contributed by atoms with Gasteiger partial charge < -0.3 is 9.47 Å². The number of alkyl halides is 1. The molecule has 3 nitrogen and oxygen atoms in total. The van der Waals surface area contributed by atoms with Crippen LogP contribution < -0.4 is 0 Å². The zero-order valence-electron chi connectivity index (χ0n) is 7.02. The van der Waals surface area contributed by atoms with E-state index < -0.39 is 0 Å². The van der Waals surface area contributed by atoms with Crippen molar-refractivity contribution in [2.24, 2.45) is 0 Å². The molecular weight excluding hydrogens is 212 g/mol. The Morgan fingerprint density at radius 3 is 2.45 bits per heavy atom. The van der Waals surface area contributed by atoms with Gasteiger partial charge in [-0.25, -0.2) is 4.79 Å². The maximum atomic E-state index is 10.7. The van der Waals surface area contributed by atoms with Gasteiger partial charge in [-0.05, 0) is 13.8 Å². The molecule has 0 aromatic rings. The number of esters is 1. The van der Waals surface area contributed by atoms with E-state index in [1.54, 1.807) is 0 Å². The number of halogens is 1. The highest BCUT2D eigenvalue weighted by molar-refractivity contribution is 9.10. The predicted molar refractivity (Wildman–Crippen MR) is 45.8 cm³/mol. The molecule has 66 valence electrons. The molecule has 0 rings (SSSR count). The van der Waals surface area contributed by atoms with Crippen molar-refractivity contribution in [3.63, 3.8) is 0 Å². The van der Waals surface area contributed by atoms with Crippen molar-refractivity contribution in [2.75, 3.05) is 20.3 Å². The SMILES string of the molecule is COCC(=O)OCC(C)(C)Br. The van der Waals surface area contributed by atoms with E-state index in [0.717, 1.165) is 0 Å². The van der Waals surface area contributed by atoms with Crippen LogP contribution in [-0.2, 0) is 14.3 Å². The van der Waals surface area contributed by atoms with Crippen molar-refractivity contribution in [1.82, 2.24) is 0 Å². The fraction of sp³-hybridized carbons (Fsp3) is 0.857. The van der Waals surface area contributed by atoms with E-state index >= 15 is 0 Å². The smallest absolute Gasteiger partial charge is 0.332 e. The van der Waals surface area contributed by atoms with Crippen LogP contribution in [0.1, 0.15) is 13.8 Å². The summed E-state index contributed by atoms with van der Waals surface area (Å²) in [6.07, 6.45) is 0. The zero-order chi connectivity index (χ0) is 8.91. The summed E-state index contributed by atoms with van der Waals surface area (Å²) in [6.45, 7) is 4.22. The first-order chi connectivity index (χ1) is 4.95. The summed E-state index contributed by atoms with van der Waals surface area (Å²) >= 11 is 3.34. The minimum atomic E-state index is -0.333. The number of carbonyl (C=O) groups excluding carboxylic acids is 1. The van der Waals surface area contributed by atoms with Crippen LogP contribution in [0, 0.1) is 0 Å². The molecule has 11 heavy (non-hydrogen) atoms. The molecule has 0 aliphatic carbocycles. The first kappa shape index (κ1) is 10.9. The molecule has 0 aliphatic rings. The quantitative estimate of drug-likeness (QED) is 0.535. The minimum absolute atomic E-state index is 0.0169. The van der Waals surface area contributed by atoms with E-state index in [1.807, 2.05) is 13.8 Å². The van der Waals surface area contributed by atoms with Gasteiger partial charge in [0.2, 0.25) is 0 Å². The maximum absolute atomic E-state index is 10.7. The number of hydrogen-bond donors (Lipinski definition) is 0. The van der Waals surface area contributed by atoms with E-state index in [0.29, 0.717) is 6.61 Å². The van der Waals surface area contributed by atoms with E-state index in [2.05, 4.69) is 20.7 Å². The molecule has 0 saturated carbocycles. The molecule has 0 unspecified atom stereocenters. The van der Waals surface area contributed by atoms with E-state index in [1.165, 1.54) is 7.11 Å². The lowest BCUT2D eigenvalue weighted by Gasteiger charge is -2.15. The molecule has 0 atom stereocenters. The second kappa shape index (κ2) is 4.72. The third-order valence-corrected chi connectivity index (χ3v) is 1.07. The van der Waals surface area contributed by atoms with Gasteiger partial charge in [-0.15, -0.1) is 0 Å². The topological polar surface area (TPSA) is 35.5 Å². The van der Waals surface area contributed by atoms with Crippen LogP contribution >= 0.6 is 15.9 Å². The summed E-state index contributed by atoms with van der Waals surface area (Å²) < 4.78 is 9.26. The number of carbonyl (C=O) groups is 1. The Balaban J connectivity index is 3.46. The van der Waals surface area contributed by atoms with Gasteiger partial charge in [0.05, 0.1) is 4.32 Å². The van der Waals surface area contributed by atoms with Crippen molar-refractivity contribution < 1.29 is 14.3 Å². The Labute approximate surface area is 75.2 Å². The normalized spacial score (nSPS) is 11.3. The molecule has 0 spiro atoms. The average Bonchev–Trinajstić information content (AvgIpc) is 1.83. The lowest BCUT2D eigenvalue weighted by atomic mass is 10.2. The summed E-state index contributed by atoms with van der Waals surface area (Å²) in [5.74, 6) is -0.333. The molecule has 0 radical (unpaired) electrons. The van der Waals surface area contributed by atoms with Crippen LogP contribution in [0.15, 0.2) is 0 Å². The summed E-state index contributed by atoms with van der Waals surface area (Å²) in [4.78, 5) is 10.7. The average molecular weight is 225 g/mol. The van der Waals surface area contributed by atoms with Crippen LogP contribution in [0.25, 0.3) is 0 Å². The van der Waals surface area contributed by atoms with Gasteiger partial charge in [-0.3, -0.25) is 0 Å². The van der Waals surface area contributed by atoms with Gasteiger partial charge in [0.25, 0.3) is 0 Å². The molecule has 0 amide bonds. The van der Waals surface area contributed by atoms with E-state index in [4.69, 9.17) is 4.74 Å². The van der Waals surface area contributed by atoms with Crippen molar-refractivity contribution in [3.8, 4) is 0 Å². The summed E-state index contributed by atoms with van der Waals surface area (Å²) in [6, 6.07) is 0. The van der Waals surface area contributed by atoms with Crippen molar-refractivity contribution in [2.45, 2.75) is 18.2 Å². The first-order valence-electron chi connectivity index (χ1n) is 3.29. The maximum Gasteiger partial charge on any atom is 0.332 e. The van der Waals surface area contributed by atoms with Crippen LogP contribution in [0.3, 0.4) is 0 Å². The first-order valence-corrected chi connectivity index (χ1v) is 4.08. The number of ether oxygens (including phenoxy) is 2. The third kappa shape index (κ3) is 7.81. The van der Waals surface area contributed by atoms with Crippen LogP contribution in [0.5, 0.6) is 0 Å². The number of hydrogen-bond acceptors (Lipinski definition) is 3. The summed E-state index contributed by atoms with van der Waals surface area (Å²) in [5, 5.41) is 0. The lowest BCUT2D eigenvalue weighted by molar-refractivity contribution is -0.148.